The normalized spacial score (nSPS) is 50.1. The van der Waals surface area contributed by atoms with Crippen LogP contribution in [0, 0.1) is 28.6 Å². The summed E-state index contributed by atoms with van der Waals surface area (Å²) < 4.78 is 0. The van der Waals surface area contributed by atoms with Crippen molar-refractivity contribution in [1.82, 2.24) is 0 Å². The van der Waals surface area contributed by atoms with Crippen molar-refractivity contribution >= 4 is 5.78 Å². The van der Waals surface area contributed by atoms with Gasteiger partial charge in [-0.05, 0) is 54.9 Å². The molecule has 88 valence electrons. The lowest BCUT2D eigenvalue weighted by Crippen LogP contribution is -2.35. The third kappa shape index (κ3) is 0.919. The van der Waals surface area contributed by atoms with Crippen LogP contribution in [-0.4, -0.2) is 5.78 Å². The van der Waals surface area contributed by atoms with E-state index in [-0.39, 0.29) is 0 Å². The van der Waals surface area contributed by atoms with E-state index in [0.717, 1.165) is 6.42 Å². The lowest BCUT2D eigenvalue weighted by Gasteiger charge is -2.38. The molecular formula is C15H22O. The summed E-state index contributed by atoms with van der Waals surface area (Å²) in [5, 5.41) is 0. The van der Waals surface area contributed by atoms with Crippen LogP contribution in [0.3, 0.4) is 0 Å². The van der Waals surface area contributed by atoms with Crippen LogP contribution >= 0.6 is 0 Å². The monoisotopic (exact) mass is 218 g/mol. The van der Waals surface area contributed by atoms with Crippen molar-refractivity contribution in [2.75, 3.05) is 0 Å². The van der Waals surface area contributed by atoms with E-state index in [0.29, 0.717) is 34.4 Å². The van der Waals surface area contributed by atoms with Crippen LogP contribution in [0.4, 0.5) is 0 Å². The highest BCUT2D eigenvalue weighted by Gasteiger charge is 2.68. The molecule has 0 aromatic rings. The first kappa shape index (κ1) is 10.6. The van der Waals surface area contributed by atoms with Crippen LogP contribution in [0.25, 0.3) is 0 Å². The first-order chi connectivity index (χ1) is 7.42. The molecule has 0 aliphatic heterocycles. The van der Waals surface area contributed by atoms with Gasteiger partial charge < -0.3 is 0 Å². The fraction of sp³-hybridized carbons (Fsp3) is 0.800. The van der Waals surface area contributed by atoms with Gasteiger partial charge in [0.15, 0.2) is 5.78 Å². The Morgan fingerprint density at radius 1 is 1.38 bits per heavy atom. The summed E-state index contributed by atoms with van der Waals surface area (Å²) in [6, 6.07) is 0. The molecule has 0 unspecified atom stereocenters. The van der Waals surface area contributed by atoms with Gasteiger partial charge in [0.1, 0.15) is 0 Å². The minimum Gasteiger partial charge on any atom is -0.295 e. The molecule has 0 radical (unpaired) electrons. The van der Waals surface area contributed by atoms with Crippen molar-refractivity contribution in [3.63, 3.8) is 0 Å². The zero-order valence-corrected chi connectivity index (χ0v) is 10.8. The van der Waals surface area contributed by atoms with Crippen LogP contribution in [0.5, 0.6) is 0 Å². The molecular weight excluding hydrogens is 196 g/mol. The topological polar surface area (TPSA) is 17.1 Å². The summed E-state index contributed by atoms with van der Waals surface area (Å²) >= 11 is 0. The minimum absolute atomic E-state index is 0.292. The van der Waals surface area contributed by atoms with Crippen molar-refractivity contribution in [1.29, 1.82) is 0 Å². The fourth-order valence-corrected chi connectivity index (χ4v) is 5.32. The largest absolute Gasteiger partial charge is 0.295 e. The molecule has 0 heterocycles. The Labute approximate surface area is 98.3 Å². The highest BCUT2D eigenvalue weighted by atomic mass is 16.1. The molecule has 0 aromatic heterocycles. The molecule has 16 heavy (non-hydrogen) atoms. The molecule has 0 saturated heterocycles. The SMILES string of the molecule is CC1=CC(=O)[C@H]2C[C@]3(C(C)C)CC[C@@]2(C)[C@H]13. The fourth-order valence-electron chi connectivity index (χ4n) is 5.32. The maximum absolute atomic E-state index is 12.1. The molecule has 3 aliphatic rings. The van der Waals surface area contributed by atoms with Crippen molar-refractivity contribution in [2.24, 2.45) is 28.6 Å². The van der Waals surface area contributed by atoms with E-state index in [2.05, 4.69) is 27.7 Å². The minimum atomic E-state index is 0.292. The van der Waals surface area contributed by atoms with Gasteiger partial charge in [0.05, 0.1) is 0 Å². The number of ketones is 1. The Balaban J connectivity index is 2.18. The summed E-state index contributed by atoms with van der Waals surface area (Å²) in [7, 11) is 0. The predicted octanol–water partition coefficient (Wildman–Crippen LogP) is 3.59. The van der Waals surface area contributed by atoms with E-state index in [1.807, 2.05) is 6.08 Å². The first-order valence-corrected chi connectivity index (χ1v) is 6.64. The van der Waals surface area contributed by atoms with E-state index < -0.39 is 0 Å². The van der Waals surface area contributed by atoms with E-state index in [1.165, 1.54) is 18.4 Å². The molecule has 3 aliphatic carbocycles. The van der Waals surface area contributed by atoms with Crippen molar-refractivity contribution in [3.8, 4) is 0 Å². The number of allylic oxidation sites excluding steroid dienone is 2. The molecule has 0 amide bonds. The number of rotatable bonds is 1. The molecule has 0 spiro atoms. The molecule has 0 aromatic carbocycles. The number of carbonyl (C=O) groups is 1. The molecule has 1 heteroatoms. The van der Waals surface area contributed by atoms with Gasteiger partial charge in [0.2, 0.25) is 0 Å². The van der Waals surface area contributed by atoms with E-state index in [1.54, 1.807) is 0 Å². The van der Waals surface area contributed by atoms with Crippen LogP contribution in [-0.2, 0) is 4.79 Å². The molecule has 4 atom stereocenters. The summed E-state index contributed by atoms with van der Waals surface area (Å²) in [6.45, 7) is 9.26. The van der Waals surface area contributed by atoms with Gasteiger partial charge in [-0.15, -0.1) is 0 Å². The molecule has 0 N–H and O–H groups in total. The summed E-state index contributed by atoms with van der Waals surface area (Å²) in [4.78, 5) is 12.1. The number of hydrogen-bond donors (Lipinski definition) is 0. The Morgan fingerprint density at radius 2 is 2.06 bits per heavy atom. The first-order valence-electron chi connectivity index (χ1n) is 6.64. The maximum atomic E-state index is 12.1. The van der Waals surface area contributed by atoms with E-state index >= 15 is 0 Å². The van der Waals surface area contributed by atoms with Crippen molar-refractivity contribution in [2.45, 2.75) is 47.0 Å². The Kier molecular flexibility index (Phi) is 1.85. The Bertz CT molecular complexity index is 392. The second-order valence-electron chi connectivity index (χ2n) is 6.87. The van der Waals surface area contributed by atoms with Gasteiger partial charge in [-0.3, -0.25) is 4.79 Å². The third-order valence-electron chi connectivity index (χ3n) is 6.06. The van der Waals surface area contributed by atoms with Gasteiger partial charge in [-0.25, -0.2) is 0 Å². The standard InChI is InChI=1S/C15H22O/c1-9(2)15-6-5-14(4)11(8-15)12(16)7-10(3)13(14)15/h7,9,11,13H,5-6,8H2,1-4H3/t11-,13+,14-,15+/m1/s1. The number of hydrogen-bond acceptors (Lipinski definition) is 1. The van der Waals surface area contributed by atoms with Gasteiger partial charge in [-0.2, -0.15) is 0 Å². The van der Waals surface area contributed by atoms with Crippen LogP contribution in [0.2, 0.25) is 0 Å². The lowest BCUT2D eigenvalue weighted by atomic mass is 9.65. The van der Waals surface area contributed by atoms with Crippen LogP contribution in [0.1, 0.15) is 47.0 Å². The van der Waals surface area contributed by atoms with Gasteiger partial charge in [-0.1, -0.05) is 26.3 Å². The zero-order valence-electron chi connectivity index (χ0n) is 10.8. The Morgan fingerprint density at radius 3 is 2.69 bits per heavy atom. The average Bonchev–Trinajstić information content (AvgIpc) is 2.59. The van der Waals surface area contributed by atoms with Crippen LogP contribution < -0.4 is 0 Å². The third-order valence-corrected chi connectivity index (χ3v) is 6.06. The molecule has 1 nitrogen and oxygen atoms in total. The molecule has 2 saturated carbocycles. The summed E-state index contributed by atoms with van der Waals surface area (Å²) in [5.41, 5.74) is 2.10. The second-order valence-corrected chi connectivity index (χ2v) is 6.87. The average molecular weight is 218 g/mol. The van der Waals surface area contributed by atoms with Crippen molar-refractivity contribution in [3.05, 3.63) is 11.6 Å². The quantitative estimate of drug-likeness (QED) is 0.657. The van der Waals surface area contributed by atoms with Crippen LogP contribution in [0.15, 0.2) is 11.6 Å². The van der Waals surface area contributed by atoms with Gasteiger partial charge in [0.25, 0.3) is 0 Å². The van der Waals surface area contributed by atoms with E-state index in [9.17, 15) is 4.79 Å². The highest BCUT2D eigenvalue weighted by molar-refractivity contribution is 5.95. The molecule has 3 rings (SSSR count). The Hall–Kier alpha value is -0.590. The lowest BCUT2D eigenvalue weighted by molar-refractivity contribution is -0.122. The zero-order chi connectivity index (χ0) is 11.7. The molecule has 2 fully saturated rings. The molecule has 4 bridgehead atoms. The summed E-state index contributed by atoms with van der Waals surface area (Å²) in [5.74, 6) is 2.14. The number of carbonyl (C=O) groups excluding carboxylic acids is 1. The van der Waals surface area contributed by atoms with Gasteiger partial charge >= 0.3 is 0 Å². The van der Waals surface area contributed by atoms with Gasteiger partial charge in [0, 0.05) is 5.92 Å². The highest BCUT2D eigenvalue weighted by Crippen LogP contribution is 2.73. The summed E-state index contributed by atoms with van der Waals surface area (Å²) in [6.07, 6.45) is 5.70. The smallest absolute Gasteiger partial charge is 0.159 e. The van der Waals surface area contributed by atoms with Crippen molar-refractivity contribution < 1.29 is 4.79 Å². The predicted molar refractivity (Wildman–Crippen MR) is 65.0 cm³/mol. The second kappa shape index (κ2) is 2.80. The van der Waals surface area contributed by atoms with E-state index in [4.69, 9.17) is 0 Å². The maximum Gasteiger partial charge on any atom is 0.159 e.